The third kappa shape index (κ3) is 3.24. The highest BCUT2D eigenvalue weighted by molar-refractivity contribution is 7.99. The highest BCUT2D eigenvalue weighted by Gasteiger charge is 2.21. The Morgan fingerprint density at radius 3 is 2.68 bits per heavy atom. The minimum absolute atomic E-state index is 0.0726. The molecule has 0 spiro atoms. The minimum Gasteiger partial charge on any atom is -0.454 e. The molecule has 0 bridgehead atoms. The Balaban J connectivity index is 1.44. The molecule has 0 N–H and O–H groups in total. The number of hydrogen-bond donors (Lipinski definition) is 0. The van der Waals surface area contributed by atoms with E-state index < -0.39 is 0 Å². The highest BCUT2D eigenvalue weighted by atomic mass is 32.2. The summed E-state index contributed by atoms with van der Waals surface area (Å²) in [4.78, 5) is 26.3. The van der Waals surface area contributed by atoms with Gasteiger partial charge in [0, 0.05) is 5.56 Å². The van der Waals surface area contributed by atoms with Crippen molar-refractivity contribution in [1.29, 1.82) is 0 Å². The number of rotatable bonds is 5. The molecule has 0 saturated carbocycles. The van der Waals surface area contributed by atoms with E-state index in [0.717, 1.165) is 11.3 Å². The summed E-state index contributed by atoms with van der Waals surface area (Å²) < 4.78 is 14.1. The van der Waals surface area contributed by atoms with Gasteiger partial charge in [0.2, 0.25) is 12.6 Å². The number of ether oxygens (including phenoxy) is 2. The summed E-state index contributed by atoms with van der Waals surface area (Å²) in [6, 6.07) is 20.1. The molecule has 0 saturated heterocycles. The molecule has 6 rings (SSSR count). The Labute approximate surface area is 197 Å². The van der Waals surface area contributed by atoms with Gasteiger partial charge in [-0.15, -0.1) is 10.2 Å². The van der Waals surface area contributed by atoms with Crippen LogP contribution in [0.1, 0.15) is 15.9 Å². The lowest BCUT2D eigenvalue weighted by Gasteiger charge is -2.13. The fraction of sp³-hybridized carbons (Fsp3) is 0.120. The first-order valence-corrected chi connectivity index (χ1v) is 11.6. The fourth-order valence-corrected chi connectivity index (χ4v) is 4.92. The molecule has 3 aromatic carbocycles. The van der Waals surface area contributed by atoms with Crippen molar-refractivity contribution in [3.63, 3.8) is 0 Å². The van der Waals surface area contributed by atoms with Gasteiger partial charge in [-0.2, -0.15) is 0 Å². The molecule has 8 nitrogen and oxygen atoms in total. The summed E-state index contributed by atoms with van der Waals surface area (Å²) in [6.07, 6.45) is 0. The summed E-state index contributed by atoms with van der Waals surface area (Å²) in [5, 5.41) is 9.77. The number of Topliss-reactive ketones (excluding diaryl/α,β-unsaturated/α-hetero) is 1. The van der Waals surface area contributed by atoms with Crippen LogP contribution >= 0.6 is 11.8 Å². The molecule has 0 aliphatic carbocycles. The van der Waals surface area contributed by atoms with Gasteiger partial charge in [-0.1, -0.05) is 42.1 Å². The zero-order chi connectivity index (χ0) is 23.2. The largest absolute Gasteiger partial charge is 0.454 e. The molecular formula is C25H18N4O4S. The molecule has 5 aromatic rings. The zero-order valence-corrected chi connectivity index (χ0v) is 18.9. The van der Waals surface area contributed by atoms with E-state index in [9.17, 15) is 9.59 Å². The molecule has 34 heavy (non-hydrogen) atoms. The lowest BCUT2D eigenvalue weighted by molar-refractivity contribution is 0.102. The minimum atomic E-state index is -0.169. The molecular weight excluding hydrogens is 452 g/mol. The Morgan fingerprint density at radius 2 is 1.79 bits per heavy atom. The Hall–Kier alpha value is -4.11. The average molecular weight is 471 g/mol. The standard InChI is InChI=1S/C25H18N4O4S/c1-15-6-2-4-8-18(15)28-23(31)17-7-3-5-9-19(17)29-24(28)26-27-25(29)34-13-20(30)16-10-11-21-22(12-16)33-14-32-21/h2-12H,13-14H2,1H3. The predicted molar refractivity (Wildman–Crippen MR) is 128 cm³/mol. The SMILES string of the molecule is Cc1ccccc1-n1c(=O)c2ccccc2n2c(SCC(=O)c3ccc4c(c3)OCO4)nnc12. The van der Waals surface area contributed by atoms with E-state index >= 15 is 0 Å². The van der Waals surface area contributed by atoms with E-state index in [1.54, 1.807) is 28.8 Å². The predicted octanol–water partition coefficient (Wildman–Crippen LogP) is 4.05. The Bertz CT molecular complexity index is 1660. The number of thioether (sulfide) groups is 1. The maximum Gasteiger partial charge on any atom is 0.267 e. The summed E-state index contributed by atoms with van der Waals surface area (Å²) in [5.41, 5.74) is 2.74. The lowest BCUT2D eigenvalue weighted by Crippen LogP contribution is -2.22. The van der Waals surface area contributed by atoms with E-state index in [1.807, 2.05) is 53.8 Å². The second kappa shape index (κ2) is 8.03. The second-order valence-corrected chi connectivity index (χ2v) is 8.78. The van der Waals surface area contributed by atoms with Crippen LogP contribution < -0.4 is 15.0 Å². The normalized spacial score (nSPS) is 12.5. The van der Waals surface area contributed by atoms with E-state index in [0.29, 0.717) is 38.9 Å². The van der Waals surface area contributed by atoms with Crippen LogP contribution in [0.2, 0.25) is 0 Å². The van der Waals surface area contributed by atoms with Gasteiger partial charge in [0.05, 0.1) is 22.3 Å². The molecule has 168 valence electrons. The number of fused-ring (bicyclic) bond motifs is 4. The van der Waals surface area contributed by atoms with Crippen LogP contribution in [0.4, 0.5) is 0 Å². The number of aryl methyl sites for hydroxylation is 1. The molecule has 1 aliphatic heterocycles. The van der Waals surface area contributed by atoms with E-state index in [2.05, 4.69) is 10.2 Å². The van der Waals surface area contributed by atoms with Crippen molar-refractivity contribution in [2.24, 2.45) is 0 Å². The molecule has 0 fully saturated rings. The first-order valence-electron chi connectivity index (χ1n) is 10.6. The van der Waals surface area contributed by atoms with Crippen molar-refractivity contribution in [2.75, 3.05) is 12.5 Å². The van der Waals surface area contributed by atoms with Gasteiger partial charge >= 0.3 is 0 Å². The third-order valence-electron chi connectivity index (χ3n) is 5.78. The van der Waals surface area contributed by atoms with Crippen LogP contribution in [-0.2, 0) is 0 Å². The van der Waals surface area contributed by atoms with Crippen molar-refractivity contribution < 1.29 is 14.3 Å². The number of hydrogen-bond acceptors (Lipinski definition) is 7. The first kappa shape index (κ1) is 20.5. The van der Waals surface area contributed by atoms with Crippen LogP contribution in [0, 0.1) is 6.92 Å². The van der Waals surface area contributed by atoms with Crippen molar-refractivity contribution in [3.05, 3.63) is 88.2 Å². The number of carbonyl (C=O) groups is 1. The number of carbonyl (C=O) groups excluding carboxylic acids is 1. The van der Waals surface area contributed by atoms with Gasteiger partial charge in [-0.25, -0.2) is 4.57 Å². The smallest absolute Gasteiger partial charge is 0.267 e. The van der Waals surface area contributed by atoms with Crippen molar-refractivity contribution >= 4 is 34.2 Å². The summed E-state index contributed by atoms with van der Waals surface area (Å²) >= 11 is 1.27. The molecule has 0 unspecified atom stereocenters. The summed E-state index contributed by atoms with van der Waals surface area (Å²) in [6.45, 7) is 2.10. The highest BCUT2D eigenvalue weighted by Crippen LogP contribution is 2.33. The molecule has 1 aliphatic rings. The molecule has 9 heteroatoms. The van der Waals surface area contributed by atoms with Crippen LogP contribution in [0.3, 0.4) is 0 Å². The summed E-state index contributed by atoms with van der Waals surface area (Å²) in [5.74, 6) is 1.68. The van der Waals surface area contributed by atoms with Gasteiger partial charge in [0.1, 0.15) is 0 Å². The average Bonchev–Trinajstić information content (AvgIpc) is 3.50. The van der Waals surface area contributed by atoms with Gasteiger partial charge in [-0.3, -0.25) is 14.0 Å². The number of aromatic nitrogens is 4. The Morgan fingerprint density at radius 1 is 1.00 bits per heavy atom. The molecule has 0 amide bonds. The van der Waals surface area contributed by atoms with Crippen molar-refractivity contribution in [2.45, 2.75) is 12.1 Å². The summed E-state index contributed by atoms with van der Waals surface area (Å²) in [7, 11) is 0. The molecule has 2 aromatic heterocycles. The quantitative estimate of drug-likeness (QED) is 0.283. The zero-order valence-electron chi connectivity index (χ0n) is 18.1. The maximum absolute atomic E-state index is 13.4. The Kier molecular flexibility index (Phi) is 4.84. The number of para-hydroxylation sites is 2. The topological polar surface area (TPSA) is 87.7 Å². The molecule has 0 atom stereocenters. The first-order chi connectivity index (χ1) is 16.6. The number of benzene rings is 3. The van der Waals surface area contributed by atoms with Crippen LogP contribution in [-0.4, -0.2) is 37.5 Å². The number of ketones is 1. The van der Waals surface area contributed by atoms with Gasteiger partial charge in [-0.05, 0) is 48.9 Å². The third-order valence-corrected chi connectivity index (χ3v) is 6.71. The van der Waals surface area contributed by atoms with Gasteiger partial charge < -0.3 is 9.47 Å². The van der Waals surface area contributed by atoms with Crippen molar-refractivity contribution in [3.8, 4) is 17.2 Å². The van der Waals surface area contributed by atoms with Crippen LogP contribution in [0.15, 0.2) is 76.7 Å². The molecule has 3 heterocycles. The second-order valence-electron chi connectivity index (χ2n) is 7.84. The van der Waals surface area contributed by atoms with E-state index in [1.165, 1.54) is 11.8 Å². The maximum atomic E-state index is 13.4. The van der Waals surface area contributed by atoms with Crippen LogP contribution in [0.5, 0.6) is 11.5 Å². The fourth-order valence-electron chi connectivity index (χ4n) is 4.09. The van der Waals surface area contributed by atoms with E-state index in [4.69, 9.17) is 9.47 Å². The van der Waals surface area contributed by atoms with Gasteiger partial charge in [0.25, 0.3) is 5.56 Å². The van der Waals surface area contributed by atoms with Gasteiger partial charge in [0.15, 0.2) is 22.4 Å². The number of nitrogens with zero attached hydrogens (tertiary/aromatic N) is 4. The monoisotopic (exact) mass is 470 g/mol. The lowest BCUT2D eigenvalue weighted by atomic mass is 10.1. The van der Waals surface area contributed by atoms with E-state index in [-0.39, 0.29) is 23.9 Å². The molecule has 0 radical (unpaired) electrons. The van der Waals surface area contributed by atoms with Crippen molar-refractivity contribution in [1.82, 2.24) is 19.2 Å². The van der Waals surface area contributed by atoms with Crippen LogP contribution in [0.25, 0.3) is 22.4 Å².